The molecule has 2 aliphatic rings. The van der Waals surface area contributed by atoms with E-state index >= 15 is 0 Å². The van der Waals surface area contributed by atoms with Crippen LogP contribution in [0.3, 0.4) is 0 Å². The molecule has 0 atom stereocenters. The highest BCUT2D eigenvalue weighted by molar-refractivity contribution is 5.22. The quantitative estimate of drug-likeness (QED) is 0.572. The van der Waals surface area contributed by atoms with Gasteiger partial charge < -0.3 is 9.47 Å². The van der Waals surface area contributed by atoms with Crippen molar-refractivity contribution >= 4 is 0 Å². The summed E-state index contributed by atoms with van der Waals surface area (Å²) in [5, 5.41) is 0. The zero-order chi connectivity index (χ0) is 18.4. The summed E-state index contributed by atoms with van der Waals surface area (Å²) in [5.41, 5.74) is 0.944. The van der Waals surface area contributed by atoms with Crippen LogP contribution < -0.4 is 0 Å². The third-order valence-electron chi connectivity index (χ3n) is 6.07. The van der Waals surface area contributed by atoms with Crippen molar-refractivity contribution in [3.63, 3.8) is 0 Å². The Hall–Kier alpha value is -1.00. The molecule has 4 heteroatoms. The van der Waals surface area contributed by atoms with Crippen LogP contribution in [0.1, 0.15) is 76.2 Å². The number of hydrogen-bond donors (Lipinski definition) is 0. The summed E-state index contributed by atoms with van der Waals surface area (Å²) in [7, 11) is 0. The molecule has 26 heavy (non-hydrogen) atoms. The third-order valence-corrected chi connectivity index (χ3v) is 6.07. The van der Waals surface area contributed by atoms with Gasteiger partial charge in [-0.25, -0.2) is 8.78 Å². The molecule has 1 aliphatic heterocycles. The third kappa shape index (κ3) is 5.50. The molecule has 2 nitrogen and oxygen atoms in total. The zero-order valence-electron chi connectivity index (χ0n) is 15.9. The van der Waals surface area contributed by atoms with Crippen molar-refractivity contribution in [3.05, 3.63) is 35.4 Å². The molecule has 0 spiro atoms. The van der Waals surface area contributed by atoms with Crippen LogP contribution in [0.15, 0.2) is 18.2 Å². The van der Waals surface area contributed by atoms with E-state index in [4.69, 9.17) is 9.47 Å². The van der Waals surface area contributed by atoms with E-state index in [1.165, 1.54) is 31.4 Å². The minimum atomic E-state index is -0.758. The second-order valence-electron chi connectivity index (χ2n) is 8.07. The van der Waals surface area contributed by atoms with E-state index in [-0.39, 0.29) is 6.29 Å². The van der Waals surface area contributed by atoms with Crippen LogP contribution in [0.2, 0.25) is 0 Å². The fourth-order valence-corrected chi connectivity index (χ4v) is 4.33. The van der Waals surface area contributed by atoms with E-state index in [0.29, 0.717) is 17.8 Å². The molecule has 0 amide bonds. The highest BCUT2D eigenvalue weighted by Gasteiger charge is 2.26. The van der Waals surface area contributed by atoms with Gasteiger partial charge in [-0.3, -0.25) is 0 Å². The molecule has 1 saturated heterocycles. The van der Waals surface area contributed by atoms with E-state index in [2.05, 4.69) is 6.92 Å². The Kier molecular flexibility index (Phi) is 7.44. The number of benzene rings is 1. The lowest BCUT2D eigenvalue weighted by Crippen LogP contribution is -2.32. The summed E-state index contributed by atoms with van der Waals surface area (Å²) < 4.78 is 38.3. The van der Waals surface area contributed by atoms with Gasteiger partial charge in [-0.05, 0) is 74.5 Å². The summed E-state index contributed by atoms with van der Waals surface area (Å²) in [4.78, 5) is 0. The van der Waals surface area contributed by atoms with E-state index in [0.717, 1.165) is 57.3 Å². The first-order valence-corrected chi connectivity index (χ1v) is 10.3. The number of ether oxygens (including phenoxy) is 2. The van der Waals surface area contributed by atoms with Gasteiger partial charge in [0.2, 0.25) is 0 Å². The molecule has 1 saturated carbocycles. The van der Waals surface area contributed by atoms with Crippen LogP contribution in [-0.4, -0.2) is 19.5 Å². The Morgan fingerprint density at radius 1 is 0.885 bits per heavy atom. The normalized spacial score (nSPS) is 29.7. The first kappa shape index (κ1) is 19.8. The molecule has 1 heterocycles. The highest BCUT2D eigenvalue weighted by atomic mass is 19.2. The summed E-state index contributed by atoms with van der Waals surface area (Å²) in [5.74, 6) is 0.141. The summed E-state index contributed by atoms with van der Waals surface area (Å²) >= 11 is 0. The van der Waals surface area contributed by atoms with Crippen LogP contribution in [-0.2, 0) is 9.47 Å². The van der Waals surface area contributed by atoms with E-state index in [1.54, 1.807) is 6.07 Å². The van der Waals surface area contributed by atoms with Crippen molar-refractivity contribution in [3.8, 4) is 0 Å². The molecule has 3 rings (SSSR count). The van der Waals surface area contributed by atoms with Gasteiger partial charge in [-0.15, -0.1) is 0 Å². The number of unbranched alkanes of at least 4 members (excludes halogenated alkanes) is 1. The van der Waals surface area contributed by atoms with Gasteiger partial charge in [0.05, 0.1) is 13.2 Å². The summed E-state index contributed by atoms with van der Waals surface area (Å²) in [6.45, 7) is 3.90. The summed E-state index contributed by atoms with van der Waals surface area (Å²) in [6, 6.07) is 4.36. The lowest BCUT2D eigenvalue weighted by Gasteiger charge is -2.32. The molecular formula is C22H32F2O2. The fraction of sp³-hybridized carbons (Fsp3) is 0.727. The maximum atomic E-state index is 13.4. The molecule has 1 aromatic carbocycles. The van der Waals surface area contributed by atoms with Crippen molar-refractivity contribution in [1.82, 2.24) is 0 Å². The molecule has 2 fully saturated rings. The van der Waals surface area contributed by atoms with Crippen LogP contribution in [0.5, 0.6) is 0 Å². The first-order chi connectivity index (χ1) is 12.7. The van der Waals surface area contributed by atoms with Gasteiger partial charge in [0.25, 0.3) is 0 Å². The average Bonchev–Trinajstić information content (AvgIpc) is 2.68. The van der Waals surface area contributed by atoms with Crippen LogP contribution in [0.4, 0.5) is 8.78 Å². The topological polar surface area (TPSA) is 18.5 Å². The minimum absolute atomic E-state index is 0.0307. The van der Waals surface area contributed by atoms with Crippen LogP contribution in [0, 0.1) is 23.5 Å². The molecule has 0 radical (unpaired) electrons. The maximum Gasteiger partial charge on any atom is 0.159 e. The lowest BCUT2D eigenvalue weighted by atomic mass is 9.77. The maximum absolute atomic E-state index is 13.4. The highest BCUT2D eigenvalue weighted by Crippen LogP contribution is 2.38. The fourth-order valence-electron chi connectivity index (χ4n) is 4.33. The molecule has 0 N–H and O–H groups in total. The molecule has 146 valence electrons. The SMILES string of the molecule is CCCCC1COC(CCC2CCC(c3ccc(F)c(F)c3)CC2)OC1. The van der Waals surface area contributed by atoms with Crippen molar-refractivity contribution in [2.75, 3.05) is 13.2 Å². The smallest absolute Gasteiger partial charge is 0.159 e. The van der Waals surface area contributed by atoms with Crippen molar-refractivity contribution in [2.24, 2.45) is 11.8 Å². The molecule has 0 bridgehead atoms. The first-order valence-electron chi connectivity index (χ1n) is 10.3. The number of hydrogen-bond acceptors (Lipinski definition) is 2. The number of halogens is 2. The number of rotatable bonds is 7. The van der Waals surface area contributed by atoms with Crippen LogP contribution in [0.25, 0.3) is 0 Å². The van der Waals surface area contributed by atoms with E-state index < -0.39 is 11.6 Å². The Morgan fingerprint density at radius 3 is 2.27 bits per heavy atom. The van der Waals surface area contributed by atoms with Gasteiger partial charge in [0.15, 0.2) is 17.9 Å². The van der Waals surface area contributed by atoms with E-state index in [1.807, 2.05) is 0 Å². The monoisotopic (exact) mass is 366 g/mol. The molecular weight excluding hydrogens is 334 g/mol. The minimum Gasteiger partial charge on any atom is -0.352 e. The zero-order valence-corrected chi connectivity index (χ0v) is 15.9. The van der Waals surface area contributed by atoms with Gasteiger partial charge in [-0.1, -0.05) is 25.8 Å². The Balaban J connectivity index is 1.35. The average molecular weight is 366 g/mol. The molecule has 1 aromatic rings. The standard InChI is InChI=1S/C22H32F2O2/c1-2-3-4-17-14-25-22(26-15-17)12-7-16-5-8-18(9-6-16)19-10-11-20(23)21(24)13-19/h10-11,13,16-18,22H,2-9,12,14-15H2,1H3. The second kappa shape index (κ2) is 9.80. The van der Waals surface area contributed by atoms with E-state index in [9.17, 15) is 8.78 Å². The van der Waals surface area contributed by atoms with Gasteiger partial charge >= 0.3 is 0 Å². The predicted octanol–water partition coefficient (Wildman–Crippen LogP) is 6.20. The van der Waals surface area contributed by atoms with Crippen molar-refractivity contribution in [1.29, 1.82) is 0 Å². The Labute approximate surface area is 156 Å². The van der Waals surface area contributed by atoms with Gasteiger partial charge in [0, 0.05) is 5.92 Å². The van der Waals surface area contributed by atoms with Crippen LogP contribution >= 0.6 is 0 Å². The molecule has 0 unspecified atom stereocenters. The summed E-state index contributed by atoms with van der Waals surface area (Å²) in [6.07, 6.45) is 10.2. The Bertz CT molecular complexity index is 547. The van der Waals surface area contributed by atoms with Gasteiger partial charge in [-0.2, -0.15) is 0 Å². The largest absolute Gasteiger partial charge is 0.352 e. The second-order valence-corrected chi connectivity index (χ2v) is 8.07. The van der Waals surface area contributed by atoms with Gasteiger partial charge in [0.1, 0.15) is 0 Å². The lowest BCUT2D eigenvalue weighted by molar-refractivity contribution is -0.205. The Morgan fingerprint density at radius 2 is 1.62 bits per heavy atom. The van der Waals surface area contributed by atoms with Crippen molar-refractivity contribution < 1.29 is 18.3 Å². The van der Waals surface area contributed by atoms with Crippen molar-refractivity contribution in [2.45, 2.75) is 76.9 Å². The predicted molar refractivity (Wildman–Crippen MR) is 99.0 cm³/mol. The molecule has 0 aromatic heterocycles. The molecule has 1 aliphatic carbocycles.